The van der Waals surface area contributed by atoms with Crippen molar-refractivity contribution in [1.29, 1.82) is 0 Å². The Morgan fingerprint density at radius 2 is 2.07 bits per heavy atom. The molecule has 0 aliphatic heterocycles. The minimum Gasteiger partial charge on any atom is -0.389 e. The Labute approximate surface area is 85.9 Å². The second-order valence-electron chi connectivity index (χ2n) is 4.36. The normalized spacial score (nSPS) is 13.9. The number of methoxy groups -OCH3 is 1. The van der Waals surface area contributed by atoms with E-state index in [1.807, 2.05) is 6.92 Å². The molecular formula is C10H21NO3. The van der Waals surface area contributed by atoms with Gasteiger partial charge in [0.05, 0.1) is 18.1 Å². The van der Waals surface area contributed by atoms with E-state index in [0.717, 1.165) is 0 Å². The molecule has 0 heterocycles. The first-order chi connectivity index (χ1) is 6.28. The van der Waals surface area contributed by atoms with Crippen LogP contribution >= 0.6 is 0 Å². The largest absolute Gasteiger partial charge is 0.389 e. The van der Waals surface area contributed by atoms with Crippen LogP contribution in [0.4, 0.5) is 0 Å². The summed E-state index contributed by atoms with van der Waals surface area (Å²) in [5, 5.41) is 9.52. The molecule has 0 aromatic rings. The molecule has 1 unspecified atom stereocenters. The molecule has 4 heteroatoms. The molecule has 0 saturated heterocycles. The zero-order valence-corrected chi connectivity index (χ0v) is 9.70. The monoisotopic (exact) mass is 203 g/mol. The van der Waals surface area contributed by atoms with Gasteiger partial charge in [0.2, 0.25) is 5.91 Å². The molecule has 1 N–H and O–H groups in total. The van der Waals surface area contributed by atoms with E-state index >= 15 is 0 Å². The fraction of sp³-hybridized carbons (Fsp3) is 0.900. The molecule has 14 heavy (non-hydrogen) atoms. The molecule has 0 bridgehead atoms. The van der Waals surface area contributed by atoms with E-state index in [4.69, 9.17) is 4.74 Å². The molecule has 1 atom stereocenters. The Morgan fingerprint density at radius 1 is 1.57 bits per heavy atom. The van der Waals surface area contributed by atoms with Crippen LogP contribution in [-0.4, -0.2) is 48.8 Å². The third-order valence-electron chi connectivity index (χ3n) is 1.84. The molecule has 84 valence electrons. The molecule has 1 amide bonds. The predicted molar refractivity (Wildman–Crippen MR) is 55.0 cm³/mol. The van der Waals surface area contributed by atoms with E-state index in [1.165, 1.54) is 4.90 Å². The maximum atomic E-state index is 11.6. The highest BCUT2D eigenvalue weighted by atomic mass is 16.5. The van der Waals surface area contributed by atoms with Crippen LogP contribution in [0.15, 0.2) is 0 Å². The smallest absolute Gasteiger partial charge is 0.227 e. The van der Waals surface area contributed by atoms with Gasteiger partial charge in [0.15, 0.2) is 0 Å². The molecule has 0 aliphatic rings. The van der Waals surface area contributed by atoms with Gasteiger partial charge in [-0.05, 0) is 13.8 Å². The van der Waals surface area contributed by atoms with E-state index in [1.54, 1.807) is 28.0 Å². The lowest BCUT2D eigenvalue weighted by atomic mass is 10.1. The second-order valence-corrected chi connectivity index (χ2v) is 4.36. The quantitative estimate of drug-likeness (QED) is 0.708. The number of hydrogen-bond acceptors (Lipinski definition) is 3. The van der Waals surface area contributed by atoms with Gasteiger partial charge in [0, 0.05) is 20.7 Å². The molecule has 0 rings (SSSR count). The molecule has 0 aliphatic carbocycles. The van der Waals surface area contributed by atoms with E-state index < -0.39 is 5.60 Å². The zero-order valence-electron chi connectivity index (χ0n) is 9.70. The van der Waals surface area contributed by atoms with Gasteiger partial charge in [0.25, 0.3) is 0 Å². The number of likely N-dealkylation sites (N-methyl/N-ethyl adjacent to an activating group) is 1. The summed E-state index contributed by atoms with van der Waals surface area (Å²) in [6, 6.07) is 0. The van der Waals surface area contributed by atoms with Gasteiger partial charge in [-0.25, -0.2) is 0 Å². The van der Waals surface area contributed by atoms with Gasteiger partial charge < -0.3 is 14.7 Å². The van der Waals surface area contributed by atoms with Crippen LogP contribution < -0.4 is 0 Å². The lowest BCUT2D eigenvalue weighted by Crippen LogP contribution is -2.42. The Morgan fingerprint density at radius 3 is 2.43 bits per heavy atom. The van der Waals surface area contributed by atoms with Crippen LogP contribution in [0.5, 0.6) is 0 Å². The maximum absolute atomic E-state index is 11.6. The van der Waals surface area contributed by atoms with E-state index in [9.17, 15) is 9.90 Å². The summed E-state index contributed by atoms with van der Waals surface area (Å²) in [6.07, 6.45) is 0. The highest BCUT2D eigenvalue weighted by Crippen LogP contribution is 2.07. The number of ether oxygens (including phenoxy) is 1. The van der Waals surface area contributed by atoms with Crippen LogP contribution in [0.1, 0.15) is 20.8 Å². The molecule has 0 saturated carbocycles. The number of hydrogen-bond donors (Lipinski definition) is 1. The van der Waals surface area contributed by atoms with Crippen LogP contribution in [0.25, 0.3) is 0 Å². The van der Waals surface area contributed by atoms with Crippen molar-refractivity contribution in [3.05, 3.63) is 0 Å². The highest BCUT2D eigenvalue weighted by molar-refractivity contribution is 5.78. The number of amides is 1. The van der Waals surface area contributed by atoms with Crippen LogP contribution in [0.2, 0.25) is 0 Å². The fourth-order valence-corrected chi connectivity index (χ4v) is 1.36. The number of aliphatic hydroxyl groups is 1. The van der Waals surface area contributed by atoms with Crippen molar-refractivity contribution in [3.8, 4) is 0 Å². The van der Waals surface area contributed by atoms with Gasteiger partial charge in [-0.3, -0.25) is 4.79 Å². The van der Waals surface area contributed by atoms with Crippen LogP contribution in [0, 0.1) is 5.92 Å². The lowest BCUT2D eigenvalue weighted by Gasteiger charge is -2.27. The van der Waals surface area contributed by atoms with Gasteiger partial charge >= 0.3 is 0 Å². The highest BCUT2D eigenvalue weighted by Gasteiger charge is 2.22. The van der Waals surface area contributed by atoms with Crippen LogP contribution in [-0.2, 0) is 9.53 Å². The molecule has 0 aromatic carbocycles. The van der Waals surface area contributed by atoms with Crippen LogP contribution in [0.3, 0.4) is 0 Å². The van der Waals surface area contributed by atoms with E-state index in [0.29, 0.717) is 13.2 Å². The first-order valence-corrected chi connectivity index (χ1v) is 4.74. The van der Waals surface area contributed by atoms with Crippen molar-refractivity contribution in [2.45, 2.75) is 26.4 Å². The first kappa shape index (κ1) is 13.4. The van der Waals surface area contributed by atoms with Gasteiger partial charge in [-0.15, -0.1) is 0 Å². The molecular weight excluding hydrogens is 182 g/mol. The molecule has 4 nitrogen and oxygen atoms in total. The minimum atomic E-state index is -0.850. The zero-order chi connectivity index (χ0) is 11.4. The summed E-state index contributed by atoms with van der Waals surface area (Å²) in [7, 11) is 3.26. The number of carbonyl (C=O) groups excluding carboxylic acids is 1. The summed E-state index contributed by atoms with van der Waals surface area (Å²) < 4.78 is 4.90. The third kappa shape index (κ3) is 5.19. The maximum Gasteiger partial charge on any atom is 0.227 e. The van der Waals surface area contributed by atoms with Gasteiger partial charge in [0.1, 0.15) is 0 Å². The molecule has 0 fully saturated rings. The van der Waals surface area contributed by atoms with E-state index in [2.05, 4.69) is 0 Å². The standard InChI is InChI=1S/C10H21NO3/c1-8(6-14-5)9(12)11(4)7-10(2,3)13/h8,13H,6-7H2,1-5H3. The summed E-state index contributed by atoms with van der Waals surface area (Å²) in [5.74, 6) is -0.165. The second kappa shape index (κ2) is 5.32. The van der Waals surface area contributed by atoms with Crippen molar-refractivity contribution in [2.24, 2.45) is 5.92 Å². The van der Waals surface area contributed by atoms with Crippen molar-refractivity contribution in [2.75, 3.05) is 27.3 Å². The average molecular weight is 203 g/mol. The molecule has 0 radical (unpaired) electrons. The third-order valence-corrected chi connectivity index (χ3v) is 1.84. The average Bonchev–Trinajstić information content (AvgIpc) is 2.00. The predicted octanol–water partition coefficient (Wildman–Crippen LogP) is 0.498. The Hall–Kier alpha value is -0.610. The number of nitrogens with zero attached hydrogens (tertiary/aromatic N) is 1. The first-order valence-electron chi connectivity index (χ1n) is 4.74. The summed E-state index contributed by atoms with van der Waals surface area (Å²) in [4.78, 5) is 13.2. The summed E-state index contributed by atoms with van der Waals surface area (Å²) in [5.41, 5.74) is -0.850. The SMILES string of the molecule is COCC(C)C(=O)N(C)CC(C)(C)O. The minimum absolute atomic E-state index is 0.00558. The summed E-state index contributed by atoms with van der Waals surface area (Å²) >= 11 is 0. The topological polar surface area (TPSA) is 49.8 Å². The van der Waals surface area contributed by atoms with Crippen molar-refractivity contribution < 1.29 is 14.6 Å². The number of rotatable bonds is 5. The van der Waals surface area contributed by atoms with Gasteiger partial charge in [-0.2, -0.15) is 0 Å². The van der Waals surface area contributed by atoms with Gasteiger partial charge in [-0.1, -0.05) is 6.92 Å². The fourth-order valence-electron chi connectivity index (χ4n) is 1.36. The Bertz CT molecular complexity index is 186. The Kier molecular flexibility index (Phi) is 5.08. The summed E-state index contributed by atoms with van der Waals surface area (Å²) in [6.45, 7) is 5.91. The lowest BCUT2D eigenvalue weighted by molar-refractivity contribution is -0.137. The molecule has 0 aromatic heterocycles. The van der Waals surface area contributed by atoms with Crippen molar-refractivity contribution in [1.82, 2.24) is 4.90 Å². The molecule has 0 spiro atoms. The van der Waals surface area contributed by atoms with Crippen molar-refractivity contribution in [3.63, 3.8) is 0 Å². The van der Waals surface area contributed by atoms with E-state index in [-0.39, 0.29) is 11.8 Å². The number of carbonyl (C=O) groups is 1. The van der Waals surface area contributed by atoms with Crippen molar-refractivity contribution >= 4 is 5.91 Å². The Balaban J connectivity index is 4.12.